The van der Waals surface area contributed by atoms with E-state index >= 15 is 0 Å². The lowest BCUT2D eigenvalue weighted by molar-refractivity contribution is -0.138. The predicted molar refractivity (Wildman–Crippen MR) is 92.2 cm³/mol. The van der Waals surface area contributed by atoms with Gasteiger partial charge in [0.1, 0.15) is 0 Å². The monoisotopic (exact) mass is 319 g/mol. The van der Waals surface area contributed by atoms with Crippen LogP contribution in [-0.2, 0) is 16.0 Å². The number of carbonyl (C=O) groups is 2. The molecule has 0 saturated carbocycles. The maximum atomic E-state index is 12.6. The minimum absolute atomic E-state index is 0.00230. The average Bonchev–Trinajstić information content (AvgIpc) is 2.44. The van der Waals surface area contributed by atoms with E-state index in [-0.39, 0.29) is 18.4 Å². The van der Waals surface area contributed by atoms with Gasteiger partial charge in [0, 0.05) is 17.9 Å². The summed E-state index contributed by atoms with van der Waals surface area (Å²) in [6, 6.07) is 9.69. The SMILES string of the molecule is CC(C)CC(C)(C)C(=O)NC(CCC(=O)O)Cc1ccccc1. The second kappa shape index (κ2) is 8.70. The zero-order valence-electron chi connectivity index (χ0n) is 14.6. The van der Waals surface area contributed by atoms with Crippen molar-refractivity contribution in [1.29, 1.82) is 0 Å². The Balaban J connectivity index is 2.75. The fraction of sp³-hybridized carbons (Fsp3) is 0.579. The maximum absolute atomic E-state index is 12.6. The van der Waals surface area contributed by atoms with E-state index in [0.717, 1.165) is 12.0 Å². The Bertz CT molecular complexity index is 509. The average molecular weight is 319 g/mol. The lowest BCUT2D eigenvalue weighted by Crippen LogP contribution is -2.44. The molecule has 1 amide bonds. The molecule has 4 nitrogen and oxygen atoms in total. The lowest BCUT2D eigenvalue weighted by atomic mass is 9.82. The van der Waals surface area contributed by atoms with E-state index in [4.69, 9.17) is 5.11 Å². The van der Waals surface area contributed by atoms with Gasteiger partial charge in [0.05, 0.1) is 0 Å². The first kappa shape index (κ1) is 19.2. The van der Waals surface area contributed by atoms with Gasteiger partial charge in [-0.15, -0.1) is 0 Å². The van der Waals surface area contributed by atoms with Crippen LogP contribution in [0.2, 0.25) is 0 Å². The summed E-state index contributed by atoms with van der Waals surface area (Å²) in [5, 5.41) is 12.0. The zero-order valence-corrected chi connectivity index (χ0v) is 14.6. The second-order valence-electron chi connectivity index (χ2n) is 7.27. The number of rotatable bonds is 9. The Labute approximate surface area is 139 Å². The van der Waals surface area contributed by atoms with E-state index in [1.807, 2.05) is 44.2 Å². The second-order valence-corrected chi connectivity index (χ2v) is 7.27. The van der Waals surface area contributed by atoms with Crippen LogP contribution in [0.25, 0.3) is 0 Å². The van der Waals surface area contributed by atoms with Gasteiger partial charge in [0.25, 0.3) is 0 Å². The van der Waals surface area contributed by atoms with Gasteiger partial charge in [-0.1, -0.05) is 58.0 Å². The molecule has 0 fully saturated rings. The molecule has 128 valence electrons. The van der Waals surface area contributed by atoms with Gasteiger partial charge < -0.3 is 10.4 Å². The van der Waals surface area contributed by atoms with Crippen molar-refractivity contribution in [2.45, 2.75) is 59.4 Å². The molecule has 0 aromatic heterocycles. The van der Waals surface area contributed by atoms with Crippen LogP contribution in [0.5, 0.6) is 0 Å². The molecule has 1 rings (SSSR count). The minimum Gasteiger partial charge on any atom is -0.481 e. The van der Waals surface area contributed by atoms with E-state index in [0.29, 0.717) is 18.8 Å². The van der Waals surface area contributed by atoms with E-state index in [9.17, 15) is 9.59 Å². The number of amides is 1. The van der Waals surface area contributed by atoms with Gasteiger partial charge in [-0.05, 0) is 30.7 Å². The number of benzene rings is 1. The highest BCUT2D eigenvalue weighted by atomic mass is 16.4. The molecular weight excluding hydrogens is 290 g/mol. The van der Waals surface area contributed by atoms with Crippen LogP contribution >= 0.6 is 0 Å². The molecule has 0 aliphatic heterocycles. The molecule has 0 aliphatic carbocycles. The molecular formula is C19H29NO3. The quantitative estimate of drug-likeness (QED) is 0.730. The molecule has 1 atom stereocenters. The number of nitrogens with one attached hydrogen (secondary N) is 1. The molecule has 0 saturated heterocycles. The Morgan fingerprint density at radius 2 is 1.78 bits per heavy atom. The summed E-state index contributed by atoms with van der Waals surface area (Å²) < 4.78 is 0. The van der Waals surface area contributed by atoms with Crippen molar-refractivity contribution in [1.82, 2.24) is 5.32 Å². The Kier molecular flexibility index (Phi) is 7.27. The van der Waals surface area contributed by atoms with Crippen molar-refractivity contribution >= 4 is 11.9 Å². The highest BCUT2D eigenvalue weighted by molar-refractivity contribution is 5.82. The number of hydrogen-bond acceptors (Lipinski definition) is 2. The minimum atomic E-state index is -0.834. The van der Waals surface area contributed by atoms with Crippen molar-refractivity contribution in [3.05, 3.63) is 35.9 Å². The molecule has 2 N–H and O–H groups in total. The first-order chi connectivity index (χ1) is 10.7. The van der Waals surface area contributed by atoms with Crippen LogP contribution in [0, 0.1) is 11.3 Å². The molecule has 1 aromatic rings. The maximum Gasteiger partial charge on any atom is 0.303 e. The largest absolute Gasteiger partial charge is 0.481 e. The summed E-state index contributed by atoms with van der Waals surface area (Å²) >= 11 is 0. The van der Waals surface area contributed by atoms with Crippen LogP contribution < -0.4 is 5.32 Å². The van der Waals surface area contributed by atoms with Crippen LogP contribution in [-0.4, -0.2) is 23.0 Å². The Morgan fingerprint density at radius 1 is 1.17 bits per heavy atom. The van der Waals surface area contributed by atoms with Gasteiger partial charge in [0.15, 0.2) is 0 Å². The summed E-state index contributed by atoms with van der Waals surface area (Å²) in [5.74, 6) is -0.404. The van der Waals surface area contributed by atoms with E-state index in [1.54, 1.807) is 0 Å². The third kappa shape index (κ3) is 7.31. The number of carboxylic acids is 1. The van der Waals surface area contributed by atoms with Crippen LogP contribution in [0.15, 0.2) is 30.3 Å². The number of carbonyl (C=O) groups excluding carboxylic acids is 1. The highest BCUT2D eigenvalue weighted by Gasteiger charge is 2.30. The molecule has 0 heterocycles. The fourth-order valence-corrected chi connectivity index (χ4v) is 2.92. The molecule has 1 aromatic carbocycles. The van der Waals surface area contributed by atoms with E-state index in [2.05, 4.69) is 19.2 Å². The third-order valence-corrected chi connectivity index (χ3v) is 3.90. The molecule has 0 spiro atoms. The van der Waals surface area contributed by atoms with Crippen molar-refractivity contribution in [2.24, 2.45) is 11.3 Å². The van der Waals surface area contributed by atoms with Crippen molar-refractivity contribution in [2.75, 3.05) is 0 Å². The molecule has 4 heteroatoms. The molecule has 0 bridgehead atoms. The molecule has 1 unspecified atom stereocenters. The zero-order chi connectivity index (χ0) is 17.5. The first-order valence-corrected chi connectivity index (χ1v) is 8.27. The smallest absolute Gasteiger partial charge is 0.303 e. The van der Waals surface area contributed by atoms with E-state index < -0.39 is 11.4 Å². The lowest BCUT2D eigenvalue weighted by Gasteiger charge is -2.29. The van der Waals surface area contributed by atoms with Gasteiger partial charge in [-0.2, -0.15) is 0 Å². The number of hydrogen-bond donors (Lipinski definition) is 2. The van der Waals surface area contributed by atoms with Gasteiger partial charge >= 0.3 is 5.97 Å². The number of carboxylic acid groups (broad SMARTS) is 1. The number of aliphatic carboxylic acids is 1. The van der Waals surface area contributed by atoms with Crippen LogP contribution in [0.4, 0.5) is 0 Å². The van der Waals surface area contributed by atoms with Crippen LogP contribution in [0.3, 0.4) is 0 Å². The Morgan fingerprint density at radius 3 is 2.30 bits per heavy atom. The summed E-state index contributed by atoms with van der Waals surface area (Å²) in [5.41, 5.74) is 0.650. The molecule has 0 radical (unpaired) electrons. The van der Waals surface area contributed by atoms with Crippen molar-refractivity contribution < 1.29 is 14.7 Å². The van der Waals surface area contributed by atoms with Crippen molar-refractivity contribution in [3.63, 3.8) is 0 Å². The van der Waals surface area contributed by atoms with Crippen LogP contribution in [0.1, 0.15) is 52.5 Å². The predicted octanol–water partition coefficient (Wildman–Crippen LogP) is 3.65. The summed E-state index contributed by atoms with van der Waals surface area (Å²) in [6.07, 6.45) is 1.95. The van der Waals surface area contributed by atoms with Gasteiger partial charge in [0.2, 0.25) is 5.91 Å². The van der Waals surface area contributed by atoms with E-state index in [1.165, 1.54) is 0 Å². The highest BCUT2D eigenvalue weighted by Crippen LogP contribution is 2.26. The van der Waals surface area contributed by atoms with Gasteiger partial charge in [-0.25, -0.2) is 0 Å². The third-order valence-electron chi connectivity index (χ3n) is 3.90. The standard InChI is InChI=1S/C19H29NO3/c1-14(2)13-19(3,4)18(23)20-16(10-11-17(21)22)12-15-8-6-5-7-9-15/h5-9,14,16H,10-13H2,1-4H3,(H,20,23)(H,21,22). The normalized spacial score (nSPS) is 12.9. The summed E-state index contributed by atoms with van der Waals surface area (Å²) in [6.45, 7) is 8.08. The fourth-order valence-electron chi connectivity index (χ4n) is 2.92. The van der Waals surface area contributed by atoms with Gasteiger partial charge in [-0.3, -0.25) is 9.59 Å². The first-order valence-electron chi connectivity index (χ1n) is 8.27. The molecule has 0 aliphatic rings. The topological polar surface area (TPSA) is 66.4 Å². The van der Waals surface area contributed by atoms with Crippen molar-refractivity contribution in [3.8, 4) is 0 Å². The summed E-state index contributed by atoms with van der Waals surface area (Å²) in [7, 11) is 0. The summed E-state index contributed by atoms with van der Waals surface area (Å²) in [4.78, 5) is 23.5. The Hall–Kier alpha value is -1.84. The molecule has 23 heavy (non-hydrogen) atoms.